The summed E-state index contributed by atoms with van der Waals surface area (Å²) < 4.78 is 18.5. The number of urea groups is 1. The predicted molar refractivity (Wildman–Crippen MR) is 88.2 cm³/mol. The highest BCUT2D eigenvalue weighted by Crippen LogP contribution is 2.55. The normalized spacial score (nSPS) is 27.8. The standard InChI is InChI=1S/C9H18N3O12P3/c10-5(13)1-2-12(9(11)16)8-7(15)6(14)4(22-8)3-21-26(19)24-27(20)23-25(17)18/h1-2,4,6-8,14-15,17-20H,3H2,(H2,10,13)(H2,11,16). The van der Waals surface area contributed by atoms with Gasteiger partial charge >= 0.3 is 31.8 Å². The lowest BCUT2D eigenvalue weighted by atomic mass is 10.1. The van der Waals surface area contributed by atoms with Crippen LogP contribution in [0.5, 0.6) is 0 Å². The van der Waals surface area contributed by atoms with Crippen LogP contribution in [0.15, 0.2) is 12.3 Å². The molecule has 1 aliphatic rings. The van der Waals surface area contributed by atoms with E-state index in [2.05, 4.69) is 8.62 Å². The van der Waals surface area contributed by atoms with Gasteiger partial charge in [0.15, 0.2) is 6.23 Å². The van der Waals surface area contributed by atoms with Gasteiger partial charge in [0, 0.05) is 12.3 Å². The summed E-state index contributed by atoms with van der Waals surface area (Å²) >= 11 is 0. The van der Waals surface area contributed by atoms with Gasteiger partial charge in [0.2, 0.25) is 5.91 Å². The molecule has 0 saturated carbocycles. The third-order valence-corrected chi connectivity index (χ3v) is 5.53. The molecule has 1 heterocycles. The maximum atomic E-state index is 11.4. The first-order valence-electron chi connectivity index (χ1n) is 6.75. The first-order chi connectivity index (χ1) is 12.5. The molecule has 1 rings (SSSR count). The number of aliphatic hydroxyl groups excluding tert-OH is 2. The highest BCUT2D eigenvalue weighted by Gasteiger charge is 2.46. The lowest BCUT2D eigenvalue weighted by Crippen LogP contribution is -2.46. The van der Waals surface area contributed by atoms with E-state index in [0.717, 1.165) is 12.3 Å². The van der Waals surface area contributed by atoms with E-state index in [-0.39, 0.29) is 0 Å². The Kier molecular flexibility index (Phi) is 10.3. The van der Waals surface area contributed by atoms with Gasteiger partial charge in [-0.05, 0) is 0 Å². The van der Waals surface area contributed by atoms with E-state index in [9.17, 15) is 24.7 Å². The summed E-state index contributed by atoms with van der Waals surface area (Å²) in [6, 6.07) is -1.12. The van der Waals surface area contributed by atoms with Crippen LogP contribution in [0.25, 0.3) is 0 Å². The zero-order valence-corrected chi connectivity index (χ0v) is 15.9. The SMILES string of the molecule is NC(=O)C=CN(C(N)=O)C1OC(COP(O)OP(O)OP(O)O)C(O)C1O. The fourth-order valence-electron chi connectivity index (χ4n) is 1.83. The molecule has 0 aromatic rings. The third-order valence-electron chi connectivity index (χ3n) is 2.90. The summed E-state index contributed by atoms with van der Waals surface area (Å²) in [7, 11) is -8.52. The van der Waals surface area contributed by atoms with Crippen molar-refractivity contribution in [3.05, 3.63) is 12.3 Å². The van der Waals surface area contributed by atoms with E-state index in [0.29, 0.717) is 4.90 Å². The minimum absolute atomic E-state index is 0.570. The molecule has 6 atom stereocenters. The quantitative estimate of drug-likeness (QED) is 0.126. The zero-order chi connectivity index (χ0) is 20.7. The van der Waals surface area contributed by atoms with Gasteiger partial charge in [-0.15, -0.1) is 0 Å². The van der Waals surface area contributed by atoms with Crippen LogP contribution in [0.4, 0.5) is 4.79 Å². The number of aliphatic hydroxyl groups is 2. The summed E-state index contributed by atoms with van der Waals surface area (Å²) in [5.41, 5.74) is 10.0. The van der Waals surface area contributed by atoms with Crippen molar-refractivity contribution in [2.45, 2.75) is 24.5 Å². The molecule has 15 nitrogen and oxygen atoms in total. The van der Waals surface area contributed by atoms with Crippen LogP contribution in [0.1, 0.15) is 0 Å². The third kappa shape index (κ3) is 8.10. The Morgan fingerprint density at radius 2 is 1.70 bits per heavy atom. The first kappa shape index (κ1) is 24.4. The molecule has 10 N–H and O–H groups in total. The number of primary amides is 2. The second kappa shape index (κ2) is 11.4. The summed E-state index contributed by atoms with van der Waals surface area (Å²) in [6.45, 7) is -0.570. The molecule has 156 valence electrons. The van der Waals surface area contributed by atoms with Gasteiger partial charge in [-0.25, -0.2) is 13.4 Å². The van der Waals surface area contributed by atoms with Crippen molar-refractivity contribution in [3.8, 4) is 0 Å². The van der Waals surface area contributed by atoms with Crippen LogP contribution in [-0.2, 0) is 22.7 Å². The molecule has 0 aliphatic carbocycles. The summed E-state index contributed by atoms with van der Waals surface area (Å²) in [5.74, 6) is -0.908. The number of carbonyl (C=O) groups excluding carboxylic acids is 2. The first-order valence-corrected chi connectivity index (χ1v) is 10.2. The summed E-state index contributed by atoms with van der Waals surface area (Å²) in [4.78, 5) is 58.4. The van der Waals surface area contributed by atoms with Crippen molar-refractivity contribution in [1.82, 2.24) is 4.90 Å². The highest BCUT2D eigenvalue weighted by atomic mass is 31.3. The topological polar surface area (TPSA) is 248 Å². The number of hydrogen-bond donors (Lipinski definition) is 8. The van der Waals surface area contributed by atoms with Gasteiger partial charge in [-0.1, -0.05) is 0 Å². The molecule has 27 heavy (non-hydrogen) atoms. The average molecular weight is 453 g/mol. The van der Waals surface area contributed by atoms with Crippen molar-refractivity contribution < 1.29 is 57.3 Å². The Morgan fingerprint density at radius 3 is 2.22 bits per heavy atom. The molecule has 0 bridgehead atoms. The molecule has 3 amide bonds. The van der Waals surface area contributed by atoms with Crippen molar-refractivity contribution in [3.63, 3.8) is 0 Å². The fraction of sp³-hybridized carbons (Fsp3) is 0.556. The van der Waals surface area contributed by atoms with Gasteiger partial charge < -0.3 is 50.5 Å². The number of nitrogens with zero attached hydrogens (tertiary/aromatic N) is 1. The molecule has 6 unspecified atom stereocenters. The van der Waals surface area contributed by atoms with E-state index in [1.807, 2.05) is 0 Å². The molecule has 1 aliphatic heterocycles. The largest absolute Gasteiger partial charge is 0.387 e. The number of carbonyl (C=O) groups is 2. The second-order valence-corrected chi connectivity index (χ2v) is 7.72. The van der Waals surface area contributed by atoms with Gasteiger partial charge in [-0.3, -0.25) is 9.69 Å². The van der Waals surface area contributed by atoms with E-state index >= 15 is 0 Å². The van der Waals surface area contributed by atoms with Crippen LogP contribution < -0.4 is 11.5 Å². The van der Waals surface area contributed by atoms with Crippen molar-refractivity contribution in [1.29, 1.82) is 0 Å². The molecule has 0 spiro atoms. The van der Waals surface area contributed by atoms with E-state index in [4.69, 9.17) is 35.4 Å². The Morgan fingerprint density at radius 1 is 1.07 bits per heavy atom. The molecular formula is C9H18N3O12P3. The predicted octanol–water partition coefficient (Wildman–Crippen LogP) is -2.49. The van der Waals surface area contributed by atoms with Crippen LogP contribution in [-0.4, -0.2) is 77.8 Å². The average Bonchev–Trinajstić information content (AvgIpc) is 2.80. The lowest BCUT2D eigenvalue weighted by Gasteiger charge is -2.25. The minimum Gasteiger partial charge on any atom is -0.387 e. The summed E-state index contributed by atoms with van der Waals surface area (Å²) in [6.07, 6.45) is -4.36. The van der Waals surface area contributed by atoms with Crippen LogP contribution in [0, 0.1) is 0 Å². The van der Waals surface area contributed by atoms with Crippen molar-refractivity contribution in [2.75, 3.05) is 6.61 Å². The maximum absolute atomic E-state index is 11.4. The molecule has 0 radical (unpaired) electrons. The van der Waals surface area contributed by atoms with E-state index in [1.165, 1.54) is 0 Å². The molecule has 1 saturated heterocycles. The number of hydrogen-bond acceptors (Lipinski definition) is 12. The van der Waals surface area contributed by atoms with Crippen molar-refractivity contribution in [2.24, 2.45) is 11.5 Å². The molecule has 0 aromatic heterocycles. The number of rotatable bonds is 10. The monoisotopic (exact) mass is 453 g/mol. The lowest BCUT2D eigenvalue weighted by molar-refractivity contribution is -0.113. The highest BCUT2D eigenvalue weighted by molar-refractivity contribution is 7.60. The molecule has 0 aromatic carbocycles. The van der Waals surface area contributed by atoms with E-state index in [1.54, 1.807) is 0 Å². The molecular weight excluding hydrogens is 435 g/mol. The Balaban J connectivity index is 2.63. The van der Waals surface area contributed by atoms with Gasteiger partial charge in [-0.2, -0.15) is 0 Å². The van der Waals surface area contributed by atoms with Crippen LogP contribution in [0.2, 0.25) is 0 Å². The van der Waals surface area contributed by atoms with Crippen LogP contribution in [0.3, 0.4) is 0 Å². The number of ether oxygens (including phenoxy) is 1. The second-order valence-electron chi connectivity index (χ2n) is 4.70. The van der Waals surface area contributed by atoms with E-state index < -0.39 is 68.9 Å². The van der Waals surface area contributed by atoms with Gasteiger partial charge in [0.1, 0.15) is 18.3 Å². The Labute approximate surface area is 155 Å². The fourth-order valence-corrected chi connectivity index (χ4v) is 3.66. The van der Waals surface area contributed by atoms with Crippen LogP contribution >= 0.6 is 25.8 Å². The maximum Gasteiger partial charge on any atom is 0.344 e. The smallest absolute Gasteiger partial charge is 0.344 e. The Bertz CT molecular complexity index is 541. The zero-order valence-electron chi connectivity index (χ0n) is 13.2. The molecule has 18 heteroatoms. The minimum atomic E-state index is -2.92. The Hall–Kier alpha value is -0.630. The van der Waals surface area contributed by atoms with Gasteiger partial charge in [0.05, 0.1) is 6.61 Å². The van der Waals surface area contributed by atoms with Gasteiger partial charge in [0.25, 0.3) is 0 Å². The number of amides is 3. The summed E-state index contributed by atoms with van der Waals surface area (Å²) in [5, 5.41) is 19.9. The molecule has 1 fully saturated rings. The number of nitrogens with two attached hydrogens (primary N) is 2. The van der Waals surface area contributed by atoms with Crippen molar-refractivity contribution >= 4 is 37.7 Å².